The van der Waals surface area contributed by atoms with E-state index in [1.54, 1.807) is 12.1 Å². The normalized spacial score (nSPS) is 9.50. The lowest BCUT2D eigenvalue weighted by Gasteiger charge is -2.09. The Labute approximate surface area is 70.5 Å². The van der Waals surface area contributed by atoms with Crippen LogP contribution < -0.4 is 5.01 Å². The molecule has 0 amide bonds. The van der Waals surface area contributed by atoms with E-state index in [0.717, 1.165) is 10.6 Å². The van der Waals surface area contributed by atoms with E-state index >= 15 is 0 Å². The summed E-state index contributed by atoms with van der Waals surface area (Å²) in [6.07, 6.45) is 0. The molecule has 0 unspecified atom stereocenters. The minimum atomic E-state index is -0.442. The summed E-state index contributed by atoms with van der Waals surface area (Å²) in [4.78, 5) is 10.4. The smallest absolute Gasteiger partial charge is 0.164 e. The highest BCUT2D eigenvalue weighted by Gasteiger charge is 2.11. The monoisotopic (exact) mass is 166 g/mol. The van der Waals surface area contributed by atoms with Gasteiger partial charge in [-0.1, -0.05) is 23.2 Å². The second-order valence-electron chi connectivity index (χ2n) is 2.55. The lowest BCUT2D eigenvalue weighted by atomic mass is 10.2. The van der Waals surface area contributed by atoms with Crippen molar-refractivity contribution in [3.8, 4) is 0 Å². The predicted molar refractivity (Wildman–Crippen MR) is 46.6 cm³/mol. The largest absolute Gasteiger partial charge is 0.234 e. The molecule has 0 radical (unpaired) electrons. The van der Waals surface area contributed by atoms with Crippen LogP contribution in [0.15, 0.2) is 24.3 Å². The summed E-state index contributed by atoms with van der Waals surface area (Å²) in [5, 5.41) is 11.0. The highest BCUT2D eigenvalue weighted by molar-refractivity contribution is 5.49. The summed E-state index contributed by atoms with van der Waals surface area (Å²) in [5.41, 5.74) is 1.53. The second kappa shape index (κ2) is 3.21. The Hall–Kier alpha value is -1.58. The molecule has 0 saturated heterocycles. The fourth-order valence-corrected chi connectivity index (χ4v) is 1.01. The molecule has 1 aromatic carbocycles. The first-order valence-corrected chi connectivity index (χ1v) is 3.56. The van der Waals surface area contributed by atoms with E-state index in [1.807, 2.05) is 19.1 Å². The van der Waals surface area contributed by atoms with Crippen molar-refractivity contribution in [1.82, 2.24) is 0 Å². The van der Waals surface area contributed by atoms with Crippen LogP contribution >= 0.6 is 0 Å². The SMILES string of the molecule is Cc1ccccc1N(C)[N+](=O)[O-]. The molecule has 0 atom stereocenters. The van der Waals surface area contributed by atoms with Gasteiger partial charge in [0.15, 0.2) is 5.03 Å². The van der Waals surface area contributed by atoms with Gasteiger partial charge in [-0.25, -0.2) is 10.1 Å². The molecule has 0 aliphatic carbocycles. The number of nitrogens with zero attached hydrogens (tertiary/aromatic N) is 2. The second-order valence-corrected chi connectivity index (χ2v) is 2.55. The first-order valence-electron chi connectivity index (χ1n) is 3.56. The average molecular weight is 166 g/mol. The number of hydrogen-bond donors (Lipinski definition) is 0. The first kappa shape index (κ1) is 8.52. The maximum Gasteiger partial charge on any atom is 0.164 e. The molecule has 4 heteroatoms. The third kappa shape index (κ3) is 1.53. The van der Waals surface area contributed by atoms with Gasteiger partial charge in [0.05, 0.1) is 7.05 Å². The van der Waals surface area contributed by atoms with E-state index in [-0.39, 0.29) is 0 Å². The summed E-state index contributed by atoms with van der Waals surface area (Å²) in [7, 11) is 1.43. The molecule has 0 heterocycles. The number of aryl methyl sites for hydroxylation is 1. The molecule has 12 heavy (non-hydrogen) atoms. The van der Waals surface area contributed by atoms with E-state index in [1.165, 1.54) is 7.05 Å². The van der Waals surface area contributed by atoms with Crippen molar-refractivity contribution in [1.29, 1.82) is 0 Å². The van der Waals surface area contributed by atoms with Gasteiger partial charge < -0.3 is 0 Å². The fourth-order valence-electron chi connectivity index (χ4n) is 1.01. The minimum Gasteiger partial charge on any atom is -0.234 e. The molecule has 0 spiro atoms. The van der Waals surface area contributed by atoms with E-state index in [0.29, 0.717) is 5.69 Å². The Morgan fingerprint density at radius 3 is 2.50 bits per heavy atom. The summed E-state index contributed by atoms with van der Waals surface area (Å²) in [5.74, 6) is 0. The third-order valence-corrected chi connectivity index (χ3v) is 1.71. The average Bonchev–Trinajstić information content (AvgIpc) is 2.04. The van der Waals surface area contributed by atoms with Gasteiger partial charge in [0, 0.05) is 0 Å². The zero-order chi connectivity index (χ0) is 9.14. The van der Waals surface area contributed by atoms with Crippen LogP contribution in [0, 0.1) is 17.0 Å². The highest BCUT2D eigenvalue weighted by Crippen LogP contribution is 2.16. The number of para-hydroxylation sites is 1. The number of anilines is 1. The minimum absolute atomic E-state index is 0.442. The molecule has 0 aliphatic rings. The van der Waals surface area contributed by atoms with Gasteiger partial charge in [-0.3, -0.25) is 0 Å². The Kier molecular flexibility index (Phi) is 2.28. The molecule has 0 bridgehead atoms. The van der Waals surface area contributed by atoms with Gasteiger partial charge in [-0.2, -0.15) is 0 Å². The van der Waals surface area contributed by atoms with Crippen LogP contribution in [0.3, 0.4) is 0 Å². The molecule has 1 aromatic rings. The van der Waals surface area contributed by atoms with E-state index in [4.69, 9.17) is 0 Å². The van der Waals surface area contributed by atoms with Crippen molar-refractivity contribution in [2.24, 2.45) is 0 Å². The summed E-state index contributed by atoms with van der Waals surface area (Å²) in [6.45, 7) is 1.84. The molecule has 64 valence electrons. The predicted octanol–water partition coefficient (Wildman–Crippen LogP) is 1.62. The van der Waals surface area contributed by atoms with Crippen molar-refractivity contribution in [3.05, 3.63) is 39.9 Å². The number of hydrogen-bond acceptors (Lipinski definition) is 2. The fraction of sp³-hybridized carbons (Fsp3) is 0.250. The molecule has 0 fully saturated rings. The van der Waals surface area contributed by atoms with Gasteiger partial charge in [0.2, 0.25) is 0 Å². The van der Waals surface area contributed by atoms with Crippen molar-refractivity contribution < 1.29 is 5.03 Å². The summed E-state index contributed by atoms with van der Waals surface area (Å²) < 4.78 is 0. The maximum atomic E-state index is 10.4. The van der Waals surface area contributed by atoms with Gasteiger partial charge in [0.25, 0.3) is 0 Å². The molecule has 1 rings (SSSR count). The van der Waals surface area contributed by atoms with Crippen molar-refractivity contribution in [2.75, 3.05) is 12.1 Å². The lowest BCUT2D eigenvalue weighted by molar-refractivity contribution is -0.490. The molecule has 0 saturated carbocycles. The Bertz CT molecular complexity index is 299. The van der Waals surface area contributed by atoms with Crippen LogP contribution in [0.2, 0.25) is 0 Å². The number of hydrazine groups is 1. The number of benzene rings is 1. The zero-order valence-corrected chi connectivity index (χ0v) is 7.02. The number of rotatable bonds is 2. The van der Waals surface area contributed by atoms with E-state index in [9.17, 15) is 10.1 Å². The quantitative estimate of drug-likeness (QED) is 0.495. The van der Waals surface area contributed by atoms with Gasteiger partial charge in [0.1, 0.15) is 5.69 Å². The van der Waals surface area contributed by atoms with Crippen LogP contribution in [-0.2, 0) is 0 Å². The van der Waals surface area contributed by atoms with Gasteiger partial charge in [-0.05, 0) is 18.6 Å². The number of nitro groups is 1. The molecular formula is C8H10N2O2. The summed E-state index contributed by atoms with van der Waals surface area (Å²) in [6, 6.07) is 7.20. The Balaban J connectivity index is 3.02. The Morgan fingerprint density at radius 1 is 1.42 bits per heavy atom. The van der Waals surface area contributed by atoms with Crippen molar-refractivity contribution >= 4 is 5.69 Å². The first-order chi connectivity index (χ1) is 5.63. The molecule has 0 N–H and O–H groups in total. The molecule has 0 aromatic heterocycles. The Morgan fingerprint density at radius 2 is 2.00 bits per heavy atom. The van der Waals surface area contributed by atoms with Crippen molar-refractivity contribution in [2.45, 2.75) is 6.92 Å². The van der Waals surface area contributed by atoms with Crippen LogP contribution in [0.1, 0.15) is 5.56 Å². The van der Waals surface area contributed by atoms with E-state index in [2.05, 4.69) is 0 Å². The lowest BCUT2D eigenvalue weighted by Crippen LogP contribution is -2.24. The van der Waals surface area contributed by atoms with Gasteiger partial charge in [-0.15, -0.1) is 0 Å². The molecule has 0 aliphatic heterocycles. The summed E-state index contributed by atoms with van der Waals surface area (Å²) >= 11 is 0. The van der Waals surface area contributed by atoms with Crippen LogP contribution in [0.5, 0.6) is 0 Å². The molecular weight excluding hydrogens is 156 g/mol. The van der Waals surface area contributed by atoms with Gasteiger partial charge >= 0.3 is 0 Å². The van der Waals surface area contributed by atoms with Crippen LogP contribution in [0.4, 0.5) is 5.69 Å². The topological polar surface area (TPSA) is 46.4 Å². The van der Waals surface area contributed by atoms with Crippen molar-refractivity contribution in [3.63, 3.8) is 0 Å². The maximum absolute atomic E-state index is 10.4. The van der Waals surface area contributed by atoms with Crippen LogP contribution in [-0.4, -0.2) is 12.1 Å². The highest BCUT2D eigenvalue weighted by atomic mass is 16.7. The molecule has 4 nitrogen and oxygen atoms in total. The van der Waals surface area contributed by atoms with E-state index < -0.39 is 5.03 Å². The zero-order valence-electron chi connectivity index (χ0n) is 7.02. The standard InChI is InChI=1S/C8H10N2O2/c1-7-5-3-4-6-8(7)9(2)10(11)12/h3-6H,1-2H3. The van der Waals surface area contributed by atoms with Crippen LogP contribution in [0.25, 0.3) is 0 Å². The third-order valence-electron chi connectivity index (χ3n) is 1.71.